The van der Waals surface area contributed by atoms with Crippen molar-refractivity contribution in [1.29, 1.82) is 0 Å². The van der Waals surface area contributed by atoms with Crippen molar-refractivity contribution in [3.05, 3.63) is 62.4 Å². The highest BCUT2D eigenvalue weighted by Crippen LogP contribution is 2.38. The minimum absolute atomic E-state index is 0.217. The topological polar surface area (TPSA) is 75.0 Å². The summed E-state index contributed by atoms with van der Waals surface area (Å²) in [6.45, 7) is 1.99. The van der Waals surface area contributed by atoms with Crippen LogP contribution in [0.2, 0.25) is 0 Å². The lowest BCUT2D eigenvalue weighted by molar-refractivity contribution is 0.324. The van der Waals surface area contributed by atoms with E-state index in [1.54, 1.807) is 39.5 Å². The third kappa shape index (κ3) is 3.31. The van der Waals surface area contributed by atoms with E-state index in [1.165, 1.54) is 15.9 Å². The number of ether oxygens (including phenoxy) is 3. The van der Waals surface area contributed by atoms with E-state index in [1.807, 2.05) is 31.2 Å². The Balaban J connectivity index is 1.82. The van der Waals surface area contributed by atoms with Crippen LogP contribution in [0.3, 0.4) is 0 Å². The molecule has 0 atom stereocenters. The number of rotatable bonds is 5. The summed E-state index contributed by atoms with van der Waals surface area (Å²) >= 11 is 1.29. The lowest BCUT2D eigenvalue weighted by Crippen LogP contribution is -2.23. The van der Waals surface area contributed by atoms with Crippen LogP contribution in [0.1, 0.15) is 11.1 Å². The molecule has 0 fully saturated rings. The van der Waals surface area contributed by atoms with Crippen LogP contribution in [0.4, 0.5) is 0 Å². The smallest absolute Gasteiger partial charge is 0.291 e. The first kappa shape index (κ1) is 18.9. The van der Waals surface area contributed by atoms with Crippen molar-refractivity contribution >= 4 is 22.4 Å². The van der Waals surface area contributed by atoms with Gasteiger partial charge < -0.3 is 14.2 Å². The first-order chi connectivity index (χ1) is 14.0. The van der Waals surface area contributed by atoms with Crippen molar-refractivity contribution in [2.75, 3.05) is 21.3 Å². The molecule has 7 nitrogen and oxygen atoms in total. The molecule has 29 heavy (non-hydrogen) atoms. The van der Waals surface area contributed by atoms with Gasteiger partial charge >= 0.3 is 0 Å². The molecular weight excluding hydrogens is 390 g/mol. The highest BCUT2D eigenvalue weighted by Gasteiger charge is 2.15. The molecule has 4 aromatic rings. The summed E-state index contributed by atoms with van der Waals surface area (Å²) < 4.78 is 18.0. The number of hydrogen-bond donors (Lipinski definition) is 0. The van der Waals surface area contributed by atoms with Gasteiger partial charge in [0.25, 0.3) is 5.56 Å². The minimum Gasteiger partial charge on any atom is -0.493 e. The Morgan fingerprint density at radius 3 is 2.31 bits per heavy atom. The normalized spacial score (nSPS) is 11.8. The van der Waals surface area contributed by atoms with Crippen LogP contribution < -0.4 is 24.3 Å². The fraction of sp³-hybridized carbons (Fsp3) is 0.190. The molecule has 0 bridgehead atoms. The van der Waals surface area contributed by atoms with Gasteiger partial charge in [0.2, 0.25) is 10.7 Å². The first-order valence-electron chi connectivity index (χ1n) is 8.83. The lowest BCUT2D eigenvalue weighted by Gasteiger charge is -2.12. The minimum atomic E-state index is -0.217. The summed E-state index contributed by atoms with van der Waals surface area (Å²) in [7, 11) is 4.65. The molecule has 148 valence electrons. The molecule has 0 saturated carbocycles. The molecule has 0 unspecified atom stereocenters. The van der Waals surface area contributed by atoms with E-state index >= 15 is 0 Å². The zero-order chi connectivity index (χ0) is 20.5. The molecule has 0 saturated heterocycles. The quantitative estimate of drug-likeness (QED) is 0.505. The van der Waals surface area contributed by atoms with Gasteiger partial charge in [0.1, 0.15) is 0 Å². The summed E-state index contributed by atoms with van der Waals surface area (Å²) in [6.07, 6.45) is 1.77. The zero-order valence-electron chi connectivity index (χ0n) is 16.4. The molecule has 0 amide bonds. The Morgan fingerprint density at radius 1 is 1.03 bits per heavy atom. The molecule has 2 aromatic heterocycles. The maximum Gasteiger partial charge on any atom is 0.291 e. The Morgan fingerprint density at radius 2 is 1.72 bits per heavy atom. The van der Waals surface area contributed by atoms with Gasteiger partial charge in [0.15, 0.2) is 17.3 Å². The van der Waals surface area contributed by atoms with E-state index in [4.69, 9.17) is 14.2 Å². The van der Waals surface area contributed by atoms with Gasteiger partial charge in [-0.25, -0.2) is 0 Å². The summed E-state index contributed by atoms with van der Waals surface area (Å²) in [5.41, 5.74) is 2.51. The van der Waals surface area contributed by atoms with Crippen molar-refractivity contribution in [3.63, 3.8) is 0 Å². The van der Waals surface area contributed by atoms with E-state index in [9.17, 15) is 4.79 Å². The predicted octanol–water partition coefficient (Wildman–Crippen LogP) is 2.70. The Bertz CT molecular complexity index is 1280. The van der Waals surface area contributed by atoms with Crippen LogP contribution in [-0.4, -0.2) is 35.9 Å². The molecule has 2 aromatic carbocycles. The Labute approximate surface area is 170 Å². The SMILES string of the molecule is COc1cc(/C=c2\sc3nc(-c4ccccc4C)nn3c2=O)cc(OC)c1OC. The molecule has 2 heterocycles. The summed E-state index contributed by atoms with van der Waals surface area (Å²) in [4.78, 5) is 17.9. The maximum absolute atomic E-state index is 12.8. The standard InChI is InChI=1S/C21H19N3O4S/c1-12-7-5-6-8-14(12)19-22-21-24(23-19)20(25)17(29-21)11-13-9-15(26-2)18(28-4)16(10-13)27-3/h5-11H,1-4H3/b17-11-. The molecule has 8 heteroatoms. The van der Waals surface area contributed by atoms with Crippen molar-refractivity contribution < 1.29 is 14.2 Å². The number of thiazole rings is 1. The van der Waals surface area contributed by atoms with Crippen LogP contribution in [0.15, 0.2) is 41.2 Å². The largest absolute Gasteiger partial charge is 0.493 e. The zero-order valence-corrected chi connectivity index (χ0v) is 17.2. The van der Waals surface area contributed by atoms with Crippen molar-refractivity contribution in [2.24, 2.45) is 0 Å². The van der Waals surface area contributed by atoms with Crippen molar-refractivity contribution in [2.45, 2.75) is 6.92 Å². The van der Waals surface area contributed by atoms with Crippen molar-refractivity contribution in [1.82, 2.24) is 14.6 Å². The van der Waals surface area contributed by atoms with Gasteiger partial charge in [-0.15, -0.1) is 5.10 Å². The Kier molecular flexibility index (Phi) is 4.94. The number of aryl methyl sites for hydroxylation is 1. The molecule has 0 aliphatic carbocycles. The summed E-state index contributed by atoms with van der Waals surface area (Å²) in [5, 5.41) is 4.41. The molecule has 0 aliphatic rings. The number of methoxy groups -OCH3 is 3. The van der Waals surface area contributed by atoms with E-state index in [0.29, 0.717) is 32.6 Å². The highest BCUT2D eigenvalue weighted by molar-refractivity contribution is 7.15. The maximum atomic E-state index is 12.8. The van der Waals surface area contributed by atoms with Crippen LogP contribution in [0, 0.1) is 6.92 Å². The van der Waals surface area contributed by atoms with E-state index in [-0.39, 0.29) is 5.56 Å². The molecule has 0 radical (unpaired) electrons. The van der Waals surface area contributed by atoms with Gasteiger partial charge in [0, 0.05) is 5.56 Å². The first-order valence-corrected chi connectivity index (χ1v) is 9.64. The number of nitrogens with zero attached hydrogens (tertiary/aromatic N) is 3. The summed E-state index contributed by atoms with van der Waals surface area (Å²) in [6, 6.07) is 11.4. The molecule has 0 aliphatic heterocycles. The van der Waals surface area contributed by atoms with Crippen LogP contribution in [-0.2, 0) is 0 Å². The van der Waals surface area contributed by atoms with Crippen LogP contribution >= 0.6 is 11.3 Å². The van der Waals surface area contributed by atoms with E-state index in [0.717, 1.165) is 16.7 Å². The molecular formula is C21H19N3O4S. The fourth-order valence-electron chi connectivity index (χ4n) is 3.11. The fourth-order valence-corrected chi connectivity index (χ4v) is 4.02. The second-order valence-electron chi connectivity index (χ2n) is 6.32. The van der Waals surface area contributed by atoms with Gasteiger partial charge in [-0.2, -0.15) is 9.50 Å². The van der Waals surface area contributed by atoms with Crippen LogP contribution in [0.25, 0.3) is 22.4 Å². The average Bonchev–Trinajstić information content (AvgIpc) is 3.27. The number of hydrogen-bond acceptors (Lipinski definition) is 7. The predicted molar refractivity (Wildman–Crippen MR) is 112 cm³/mol. The number of aromatic nitrogens is 3. The third-order valence-electron chi connectivity index (χ3n) is 4.55. The number of benzene rings is 2. The van der Waals surface area contributed by atoms with Crippen LogP contribution in [0.5, 0.6) is 17.2 Å². The summed E-state index contributed by atoms with van der Waals surface area (Å²) in [5.74, 6) is 2.09. The average molecular weight is 409 g/mol. The Hall–Kier alpha value is -3.39. The molecule has 0 spiro atoms. The monoisotopic (exact) mass is 409 g/mol. The van der Waals surface area contributed by atoms with Crippen molar-refractivity contribution in [3.8, 4) is 28.6 Å². The highest BCUT2D eigenvalue weighted by atomic mass is 32.1. The lowest BCUT2D eigenvalue weighted by atomic mass is 10.1. The molecule has 0 N–H and O–H groups in total. The van der Waals surface area contributed by atoms with Gasteiger partial charge in [-0.05, 0) is 36.3 Å². The van der Waals surface area contributed by atoms with E-state index < -0.39 is 0 Å². The van der Waals surface area contributed by atoms with Gasteiger partial charge in [-0.3, -0.25) is 4.79 Å². The van der Waals surface area contributed by atoms with Gasteiger partial charge in [0.05, 0.1) is 25.9 Å². The van der Waals surface area contributed by atoms with E-state index in [2.05, 4.69) is 10.1 Å². The second-order valence-corrected chi connectivity index (χ2v) is 7.33. The molecule has 4 rings (SSSR count). The second kappa shape index (κ2) is 7.56. The number of fused-ring (bicyclic) bond motifs is 1. The third-order valence-corrected chi connectivity index (χ3v) is 5.51. The van der Waals surface area contributed by atoms with Gasteiger partial charge in [-0.1, -0.05) is 35.6 Å².